The molecule has 1 aliphatic heterocycles. The van der Waals surface area contributed by atoms with Crippen LogP contribution in [0.1, 0.15) is 12.6 Å². The highest BCUT2D eigenvalue weighted by Gasteiger charge is 2.44. The van der Waals surface area contributed by atoms with Crippen LogP contribution in [0.2, 0.25) is 0 Å². The molecule has 5 rings (SSSR count). The molecule has 1 aliphatic rings. The average Bonchev–Trinajstić information content (AvgIpc) is 3.40. The van der Waals surface area contributed by atoms with Crippen LogP contribution in [0, 0.1) is 0 Å². The SMILES string of the molecule is OC[C@H]1O[C@@H](n2cnc3c(NC(O)CCOc4cccc5ccccc45)ncnc32)[C@H](O)[C@@H]1O. The van der Waals surface area contributed by atoms with Crippen molar-refractivity contribution in [3.63, 3.8) is 0 Å². The van der Waals surface area contributed by atoms with Crippen molar-refractivity contribution in [3.8, 4) is 5.75 Å². The number of hydrogen-bond donors (Lipinski definition) is 5. The van der Waals surface area contributed by atoms with Gasteiger partial charge < -0.3 is 35.2 Å². The maximum absolute atomic E-state index is 10.5. The van der Waals surface area contributed by atoms with Crippen LogP contribution in [0.4, 0.5) is 5.82 Å². The van der Waals surface area contributed by atoms with Crippen LogP contribution >= 0.6 is 0 Å². The number of aromatic nitrogens is 4. The normalized spacial score (nSPS) is 23.4. The first-order valence-corrected chi connectivity index (χ1v) is 10.9. The predicted molar refractivity (Wildman–Crippen MR) is 122 cm³/mol. The second kappa shape index (κ2) is 9.49. The molecule has 4 aromatic rings. The lowest BCUT2D eigenvalue weighted by Crippen LogP contribution is -2.33. The fourth-order valence-electron chi connectivity index (χ4n) is 4.09. The van der Waals surface area contributed by atoms with Crippen LogP contribution in [0.3, 0.4) is 0 Å². The lowest BCUT2D eigenvalue weighted by atomic mass is 10.1. The van der Waals surface area contributed by atoms with E-state index in [2.05, 4.69) is 20.3 Å². The zero-order valence-corrected chi connectivity index (χ0v) is 18.1. The second-order valence-corrected chi connectivity index (χ2v) is 8.05. The fraction of sp³-hybridized carbons (Fsp3) is 0.348. The molecule has 0 amide bonds. The summed E-state index contributed by atoms with van der Waals surface area (Å²) in [7, 11) is 0. The zero-order valence-electron chi connectivity index (χ0n) is 18.1. The van der Waals surface area contributed by atoms with Gasteiger partial charge in [0.1, 0.15) is 36.6 Å². The van der Waals surface area contributed by atoms with Crippen molar-refractivity contribution in [1.29, 1.82) is 0 Å². The Morgan fingerprint density at radius 2 is 1.88 bits per heavy atom. The number of aliphatic hydroxyl groups excluding tert-OH is 4. The van der Waals surface area contributed by atoms with Gasteiger partial charge in [0.05, 0.1) is 19.5 Å². The minimum absolute atomic E-state index is 0.271. The van der Waals surface area contributed by atoms with E-state index in [-0.39, 0.29) is 13.0 Å². The van der Waals surface area contributed by atoms with E-state index < -0.39 is 37.4 Å². The highest BCUT2D eigenvalue weighted by atomic mass is 16.6. The van der Waals surface area contributed by atoms with Crippen molar-refractivity contribution < 1.29 is 29.9 Å². The summed E-state index contributed by atoms with van der Waals surface area (Å²) in [5, 5.41) is 45.2. The molecule has 1 unspecified atom stereocenters. The summed E-state index contributed by atoms with van der Waals surface area (Å²) >= 11 is 0. The van der Waals surface area contributed by atoms with Crippen molar-refractivity contribution in [2.75, 3.05) is 18.5 Å². The largest absolute Gasteiger partial charge is 0.493 e. The molecular weight excluding hydrogens is 442 g/mol. The third-order valence-corrected chi connectivity index (χ3v) is 5.85. The minimum atomic E-state index is -1.27. The molecule has 178 valence electrons. The predicted octanol–water partition coefficient (Wildman–Crippen LogP) is 0.790. The number of nitrogens with zero attached hydrogens (tertiary/aromatic N) is 4. The average molecular weight is 467 g/mol. The molecule has 34 heavy (non-hydrogen) atoms. The van der Waals surface area contributed by atoms with Gasteiger partial charge in [-0.15, -0.1) is 0 Å². The molecule has 11 nitrogen and oxygen atoms in total. The van der Waals surface area contributed by atoms with Crippen molar-refractivity contribution in [1.82, 2.24) is 19.5 Å². The van der Waals surface area contributed by atoms with E-state index in [4.69, 9.17) is 9.47 Å². The van der Waals surface area contributed by atoms with E-state index in [1.165, 1.54) is 17.2 Å². The number of imidazole rings is 1. The fourth-order valence-corrected chi connectivity index (χ4v) is 4.09. The Hall–Kier alpha value is -3.35. The van der Waals surface area contributed by atoms with Crippen LogP contribution in [-0.2, 0) is 4.74 Å². The first-order valence-electron chi connectivity index (χ1n) is 10.9. The third kappa shape index (κ3) is 4.15. The van der Waals surface area contributed by atoms with E-state index in [0.29, 0.717) is 17.0 Å². The van der Waals surface area contributed by atoms with Gasteiger partial charge in [-0.2, -0.15) is 0 Å². The van der Waals surface area contributed by atoms with Gasteiger partial charge in [0, 0.05) is 11.8 Å². The minimum Gasteiger partial charge on any atom is -0.493 e. The van der Waals surface area contributed by atoms with Crippen molar-refractivity contribution in [3.05, 3.63) is 55.1 Å². The lowest BCUT2D eigenvalue weighted by Gasteiger charge is -2.17. The number of benzene rings is 2. The van der Waals surface area contributed by atoms with Crippen LogP contribution in [-0.4, -0.2) is 77.7 Å². The van der Waals surface area contributed by atoms with Crippen LogP contribution in [0.5, 0.6) is 5.75 Å². The van der Waals surface area contributed by atoms with Crippen molar-refractivity contribution >= 4 is 27.8 Å². The zero-order chi connectivity index (χ0) is 23.7. The maximum Gasteiger partial charge on any atom is 0.167 e. The van der Waals surface area contributed by atoms with Gasteiger partial charge in [0.2, 0.25) is 0 Å². The van der Waals surface area contributed by atoms with E-state index >= 15 is 0 Å². The quantitative estimate of drug-likeness (QED) is 0.235. The molecule has 2 aromatic heterocycles. The van der Waals surface area contributed by atoms with Gasteiger partial charge >= 0.3 is 0 Å². The molecule has 3 heterocycles. The van der Waals surface area contributed by atoms with Crippen LogP contribution < -0.4 is 10.1 Å². The van der Waals surface area contributed by atoms with E-state index in [1.54, 1.807) is 0 Å². The number of hydrogen-bond acceptors (Lipinski definition) is 10. The Balaban J connectivity index is 1.26. The Morgan fingerprint density at radius 1 is 1.06 bits per heavy atom. The van der Waals surface area contributed by atoms with Gasteiger partial charge in [-0.3, -0.25) is 4.57 Å². The number of fused-ring (bicyclic) bond motifs is 2. The smallest absolute Gasteiger partial charge is 0.167 e. The first-order chi connectivity index (χ1) is 16.6. The summed E-state index contributed by atoms with van der Waals surface area (Å²) in [5.41, 5.74) is 0.695. The molecular formula is C23H25N5O6. The van der Waals surface area contributed by atoms with Crippen LogP contribution in [0.25, 0.3) is 21.9 Å². The van der Waals surface area contributed by atoms with Gasteiger partial charge in [-0.25, -0.2) is 15.0 Å². The van der Waals surface area contributed by atoms with Crippen molar-refractivity contribution in [2.45, 2.75) is 37.2 Å². The molecule has 11 heteroatoms. The third-order valence-electron chi connectivity index (χ3n) is 5.85. The van der Waals surface area contributed by atoms with E-state index in [9.17, 15) is 20.4 Å². The molecule has 1 fully saturated rings. The summed E-state index contributed by atoms with van der Waals surface area (Å²) in [6, 6.07) is 13.7. The number of ether oxygens (including phenoxy) is 2. The summed E-state index contributed by atoms with van der Waals surface area (Å²) in [6.07, 6.45) is -2.38. The summed E-state index contributed by atoms with van der Waals surface area (Å²) < 4.78 is 12.9. The Morgan fingerprint density at radius 3 is 2.71 bits per heavy atom. The Bertz CT molecular complexity index is 1280. The molecule has 0 radical (unpaired) electrons. The molecule has 0 spiro atoms. The highest BCUT2D eigenvalue weighted by Crippen LogP contribution is 2.32. The van der Waals surface area contributed by atoms with Gasteiger partial charge in [0.25, 0.3) is 0 Å². The number of nitrogens with one attached hydrogen (secondary N) is 1. The lowest BCUT2D eigenvalue weighted by molar-refractivity contribution is -0.0511. The summed E-state index contributed by atoms with van der Waals surface area (Å²) in [6.45, 7) is -0.163. The summed E-state index contributed by atoms with van der Waals surface area (Å²) in [5.74, 6) is 1.04. The molecule has 5 atom stereocenters. The van der Waals surface area contributed by atoms with E-state index in [0.717, 1.165) is 16.5 Å². The van der Waals surface area contributed by atoms with E-state index in [1.807, 2.05) is 42.5 Å². The number of aliphatic hydroxyl groups is 4. The maximum atomic E-state index is 10.5. The van der Waals surface area contributed by atoms with Crippen LogP contribution in [0.15, 0.2) is 55.1 Å². The molecule has 0 aliphatic carbocycles. The number of anilines is 1. The Labute approximate surface area is 194 Å². The molecule has 2 aromatic carbocycles. The van der Waals surface area contributed by atoms with Crippen molar-refractivity contribution in [2.24, 2.45) is 0 Å². The molecule has 1 saturated heterocycles. The molecule has 5 N–H and O–H groups in total. The summed E-state index contributed by atoms with van der Waals surface area (Å²) in [4.78, 5) is 12.7. The highest BCUT2D eigenvalue weighted by molar-refractivity contribution is 5.88. The molecule has 0 bridgehead atoms. The van der Waals surface area contributed by atoms with Gasteiger partial charge in [-0.1, -0.05) is 36.4 Å². The van der Waals surface area contributed by atoms with Gasteiger partial charge in [-0.05, 0) is 11.5 Å². The second-order valence-electron chi connectivity index (χ2n) is 8.05. The standard InChI is InChI=1S/C23H25N5O6/c29-10-16-19(31)20(32)23(34-16)28-12-26-18-21(24-11-25-22(18)28)27-17(30)8-9-33-15-7-3-5-13-4-1-2-6-14(13)15/h1-7,11-12,16-17,19-20,23,29-32H,8-10H2,(H,24,25,27)/t16-,17?,19-,20-,23-/m1/s1. The molecule has 0 saturated carbocycles. The first kappa shape index (κ1) is 22.4. The monoisotopic (exact) mass is 467 g/mol. The van der Waals surface area contributed by atoms with Gasteiger partial charge in [0.15, 0.2) is 23.2 Å². The number of rotatable bonds is 8. The Kier molecular flexibility index (Phi) is 6.26. The topological polar surface area (TPSA) is 155 Å².